The van der Waals surface area contributed by atoms with Crippen LogP contribution in [0.15, 0.2) is 42.5 Å². The summed E-state index contributed by atoms with van der Waals surface area (Å²) in [5.41, 5.74) is 8.03. The second kappa shape index (κ2) is 12.9. The van der Waals surface area contributed by atoms with Crippen LogP contribution in [0.3, 0.4) is 0 Å². The van der Waals surface area contributed by atoms with E-state index in [1.807, 2.05) is 44.2 Å². The molecule has 2 aromatic rings. The molecular formula is C30H37FN4O4. The molecule has 2 N–H and O–H groups in total. The number of carbonyl (C=O) groups excluding carboxylic acids is 2. The normalized spacial score (nSPS) is 18.6. The van der Waals surface area contributed by atoms with Gasteiger partial charge in [0.05, 0.1) is 24.8 Å². The minimum Gasteiger partial charge on any atom is -0.493 e. The van der Waals surface area contributed by atoms with Gasteiger partial charge < -0.3 is 25.0 Å². The monoisotopic (exact) mass is 536 g/mol. The number of nitriles is 1. The smallest absolute Gasteiger partial charge is 0.410 e. The van der Waals surface area contributed by atoms with Gasteiger partial charge in [-0.15, -0.1) is 0 Å². The fourth-order valence-electron chi connectivity index (χ4n) is 5.11. The van der Waals surface area contributed by atoms with Crippen molar-refractivity contribution in [2.75, 3.05) is 26.2 Å². The zero-order valence-electron chi connectivity index (χ0n) is 22.6. The van der Waals surface area contributed by atoms with Crippen molar-refractivity contribution in [2.24, 2.45) is 11.7 Å². The molecule has 2 heterocycles. The standard InChI is InChI=1S/C30H37FN4O4/c1-20(2)39-30(37)34-14-11-21(12-15-34)19-38-26-9-7-22(8-10-26)23-5-6-24(27(31)16-23)17-28(33)29(36)35-13-3-4-25(35)18-32/h5-10,16,20-21,25,28H,3-4,11-15,17,19,33H2,1-2H3. The van der Waals surface area contributed by atoms with Crippen LogP contribution in [0.5, 0.6) is 5.75 Å². The molecule has 4 rings (SSSR count). The third-order valence-electron chi connectivity index (χ3n) is 7.38. The first-order valence-electron chi connectivity index (χ1n) is 13.7. The van der Waals surface area contributed by atoms with E-state index in [-0.39, 0.29) is 24.5 Å². The molecule has 208 valence electrons. The van der Waals surface area contributed by atoms with Gasteiger partial charge in [-0.2, -0.15) is 5.26 Å². The SMILES string of the molecule is CC(C)OC(=O)N1CCC(COc2ccc(-c3ccc(CC(N)C(=O)N4CCCC4C#N)c(F)c3)cc2)CC1. The van der Waals surface area contributed by atoms with E-state index < -0.39 is 17.9 Å². The Kier molecular flexibility index (Phi) is 9.41. The number of hydrogen-bond donors (Lipinski definition) is 1. The van der Waals surface area contributed by atoms with Gasteiger partial charge in [0.15, 0.2) is 0 Å². The van der Waals surface area contributed by atoms with Gasteiger partial charge in [0.1, 0.15) is 17.6 Å². The number of rotatable bonds is 8. The van der Waals surface area contributed by atoms with Gasteiger partial charge in [-0.25, -0.2) is 9.18 Å². The molecule has 8 nitrogen and oxygen atoms in total. The predicted octanol–water partition coefficient (Wildman–Crippen LogP) is 4.51. The summed E-state index contributed by atoms with van der Waals surface area (Å²) in [4.78, 5) is 28.0. The van der Waals surface area contributed by atoms with Gasteiger partial charge in [0, 0.05) is 19.6 Å². The summed E-state index contributed by atoms with van der Waals surface area (Å²) in [6.45, 7) is 6.11. The number of amides is 2. The molecule has 0 radical (unpaired) electrons. The van der Waals surface area contributed by atoms with Crippen LogP contribution < -0.4 is 10.5 Å². The van der Waals surface area contributed by atoms with Crippen LogP contribution in [-0.4, -0.2) is 66.2 Å². The lowest BCUT2D eigenvalue weighted by Crippen LogP contribution is -2.46. The Morgan fingerprint density at radius 3 is 2.41 bits per heavy atom. The molecule has 2 atom stereocenters. The third kappa shape index (κ3) is 7.27. The molecule has 0 bridgehead atoms. The van der Waals surface area contributed by atoms with Crippen LogP contribution in [0.25, 0.3) is 11.1 Å². The van der Waals surface area contributed by atoms with Crippen molar-refractivity contribution in [1.29, 1.82) is 5.26 Å². The van der Waals surface area contributed by atoms with E-state index in [0.717, 1.165) is 30.6 Å². The van der Waals surface area contributed by atoms with E-state index in [1.54, 1.807) is 11.0 Å². The van der Waals surface area contributed by atoms with E-state index in [4.69, 9.17) is 15.2 Å². The van der Waals surface area contributed by atoms with Gasteiger partial charge in [0.25, 0.3) is 0 Å². The molecule has 2 aromatic carbocycles. The van der Waals surface area contributed by atoms with E-state index in [1.165, 1.54) is 11.0 Å². The Morgan fingerprint density at radius 2 is 1.77 bits per heavy atom. The first-order chi connectivity index (χ1) is 18.7. The molecule has 0 aliphatic carbocycles. The molecule has 2 unspecified atom stereocenters. The van der Waals surface area contributed by atoms with Gasteiger partial charge >= 0.3 is 6.09 Å². The number of likely N-dealkylation sites (tertiary alicyclic amines) is 2. The van der Waals surface area contributed by atoms with E-state index >= 15 is 0 Å². The van der Waals surface area contributed by atoms with Crippen molar-refractivity contribution in [3.8, 4) is 22.9 Å². The maximum atomic E-state index is 14.9. The zero-order chi connectivity index (χ0) is 27.9. The number of halogens is 1. The quantitative estimate of drug-likeness (QED) is 0.532. The molecule has 9 heteroatoms. The Balaban J connectivity index is 1.27. The number of benzene rings is 2. The lowest BCUT2D eigenvalue weighted by atomic mass is 9.98. The first-order valence-corrected chi connectivity index (χ1v) is 13.7. The molecule has 0 saturated carbocycles. The Morgan fingerprint density at radius 1 is 1.08 bits per heavy atom. The topological polar surface area (TPSA) is 109 Å². The predicted molar refractivity (Wildman–Crippen MR) is 145 cm³/mol. The largest absolute Gasteiger partial charge is 0.493 e. The molecule has 0 aromatic heterocycles. The molecular weight excluding hydrogens is 499 g/mol. The first kappa shape index (κ1) is 28.4. The summed E-state index contributed by atoms with van der Waals surface area (Å²) in [5, 5.41) is 9.23. The van der Waals surface area contributed by atoms with Crippen LogP contribution in [0, 0.1) is 23.1 Å². The summed E-state index contributed by atoms with van der Waals surface area (Å²) in [6, 6.07) is 13.2. The number of hydrogen-bond acceptors (Lipinski definition) is 6. The summed E-state index contributed by atoms with van der Waals surface area (Å²) in [5.74, 6) is 0.374. The average Bonchev–Trinajstić information content (AvgIpc) is 3.42. The minimum atomic E-state index is -0.892. The van der Waals surface area contributed by atoms with E-state index in [2.05, 4.69) is 6.07 Å². The van der Waals surface area contributed by atoms with Crippen molar-refractivity contribution < 1.29 is 23.5 Å². The Bertz CT molecular complexity index is 1190. The Labute approximate surface area is 229 Å². The molecule has 2 fully saturated rings. The number of nitrogens with two attached hydrogens (primary N) is 1. The minimum absolute atomic E-state index is 0.0736. The Hall–Kier alpha value is -3.64. The molecule has 2 saturated heterocycles. The van der Waals surface area contributed by atoms with Gasteiger partial charge in [0.2, 0.25) is 5.91 Å². The average molecular weight is 537 g/mol. The molecule has 39 heavy (non-hydrogen) atoms. The van der Waals surface area contributed by atoms with Crippen LogP contribution in [0.4, 0.5) is 9.18 Å². The van der Waals surface area contributed by atoms with Crippen LogP contribution in [-0.2, 0) is 16.0 Å². The van der Waals surface area contributed by atoms with E-state index in [0.29, 0.717) is 49.7 Å². The highest BCUT2D eigenvalue weighted by atomic mass is 19.1. The van der Waals surface area contributed by atoms with Gasteiger partial charge in [-0.1, -0.05) is 24.3 Å². The van der Waals surface area contributed by atoms with Crippen molar-refractivity contribution in [1.82, 2.24) is 9.80 Å². The molecule has 2 aliphatic heterocycles. The third-order valence-corrected chi connectivity index (χ3v) is 7.38. The van der Waals surface area contributed by atoms with Gasteiger partial charge in [-0.3, -0.25) is 4.79 Å². The molecule has 0 spiro atoms. The summed E-state index contributed by atoms with van der Waals surface area (Å²) in [6.07, 6.45) is 2.86. The fraction of sp³-hybridized carbons (Fsp3) is 0.500. The second-order valence-electron chi connectivity index (χ2n) is 10.6. The van der Waals surface area contributed by atoms with Crippen molar-refractivity contribution >= 4 is 12.0 Å². The lowest BCUT2D eigenvalue weighted by molar-refractivity contribution is -0.132. The molecule has 2 aliphatic rings. The van der Waals surface area contributed by atoms with Gasteiger partial charge in [-0.05, 0) is 86.8 Å². The maximum Gasteiger partial charge on any atom is 0.410 e. The van der Waals surface area contributed by atoms with Crippen molar-refractivity contribution in [2.45, 2.75) is 64.1 Å². The van der Waals surface area contributed by atoms with Crippen LogP contribution in [0.1, 0.15) is 45.1 Å². The number of ether oxygens (including phenoxy) is 2. The maximum absolute atomic E-state index is 14.9. The highest BCUT2D eigenvalue weighted by Crippen LogP contribution is 2.26. The number of carbonyl (C=O) groups is 2. The van der Waals surface area contributed by atoms with Crippen LogP contribution >= 0.6 is 0 Å². The second-order valence-corrected chi connectivity index (χ2v) is 10.6. The van der Waals surface area contributed by atoms with E-state index in [9.17, 15) is 19.2 Å². The number of nitrogens with zero attached hydrogens (tertiary/aromatic N) is 3. The highest BCUT2D eigenvalue weighted by Gasteiger charge is 2.32. The summed E-state index contributed by atoms with van der Waals surface area (Å²) in [7, 11) is 0. The lowest BCUT2D eigenvalue weighted by Gasteiger charge is -2.31. The highest BCUT2D eigenvalue weighted by molar-refractivity contribution is 5.83. The summed E-state index contributed by atoms with van der Waals surface area (Å²) < 4.78 is 26.2. The molecule has 2 amide bonds. The van der Waals surface area contributed by atoms with Crippen molar-refractivity contribution in [3.63, 3.8) is 0 Å². The van der Waals surface area contributed by atoms with Crippen LogP contribution in [0.2, 0.25) is 0 Å². The zero-order valence-corrected chi connectivity index (χ0v) is 22.6. The fourth-order valence-corrected chi connectivity index (χ4v) is 5.11. The number of piperidine rings is 1. The summed E-state index contributed by atoms with van der Waals surface area (Å²) >= 11 is 0. The van der Waals surface area contributed by atoms with Crippen molar-refractivity contribution in [3.05, 3.63) is 53.8 Å².